The largest absolute Gasteiger partial charge is 0.488 e. The first kappa shape index (κ1) is 16.9. The Balaban J connectivity index is 1.75. The summed E-state index contributed by atoms with van der Waals surface area (Å²) in [5.74, 6) is 0.696. The van der Waals surface area contributed by atoms with Crippen molar-refractivity contribution in [1.82, 2.24) is 4.98 Å². The molecule has 0 bridgehead atoms. The van der Waals surface area contributed by atoms with E-state index in [0.29, 0.717) is 18.8 Å². The van der Waals surface area contributed by atoms with Crippen LogP contribution in [0.15, 0.2) is 85.1 Å². The lowest BCUT2D eigenvalue weighted by Gasteiger charge is -2.20. The van der Waals surface area contributed by atoms with E-state index in [1.54, 1.807) is 0 Å². The highest BCUT2D eigenvalue weighted by Crippen LogP contribution is 2.36. The van der Waals surface area contributed by atoms with E-state index in [4.69, 9.17) is 9.47 Å². The summed E-state index contributed by atoms with van der Waals surface area (Å²) in [5, 5.41) is 1.04. The van der Waals surface area contributed by atoms with Gasteiger partial charge in [-0.3, -0.25) is 4.79 Å². The van der Waals surface area contributed by atoms with Crippen LogP contribution in [0.4, 0.5) is 0 Å². The summed E-state index contributed by atoms with van der Waals surface area (Å²) >= 11 is 0. The quantitative estimate of drug-likeness (QED) is 0.473. The van der Waals surface area contributed by atoms with E-state index < -0.39 is 6.10 Å². The predicted molar refractivity (Wildman–Crippen MR) is 105 cm³/mol. The van der Waals surface area contributed by atoms with Crippen LogP contribution in [0.25, 0.3) is 10.9 Å². The number of carbonyl (C=O) groups is 1. The van der Waals surface area contributed by atoms with Crippen molar-refractivity contribution in [2.24, 2.45) is 0 Å². The minimum atomic E-state index is -0.540. The van der Waals surface area contributed by atoms with Crippen molar-refractivity contribution in [1.29, 1.82) is 0 Å². The lowest BCUT2D eigenvalue weighted by atomic mass is 9.99. The minimum Gasteiger partial charge on any atom is -0.488 e. The standard InChI is InChI=1S/C23H19NO3/c25-16-27-23(18-9-5-2-6-10-18)20-14-21-19(11-12-24-21)13-22(20)26-15-17-7-3-1-4-8-17/h1-14,16,23-24H,15H2. The molecule has 4 heteroatoms. The number of hydrogen-bond acceptors (Lipinski definition) is 3. The molecule has 0 spiro atoms. The maximum atomic E-state index is 11.2. The number of benzene rings is 3. The van der Waals surface area contributed by atoms with Crippen LogP contribution in [0.2, 0.25) is 0 Å². The molecule has 134 valence electrons. The van der Waals surface area contributed by atoms with Crippen molar-refractivity contribution in [3.8, 4) is 5.75 Å². The zero-order valence-electron chi connectivity index (χ0n) is 14.7. The number of H-pyrrole nitrogens is 1. The molecule has 0 aliphatic carbocycles. The third kappa shape index (κ3) is 3.70. The van der Waals surface area contributed by atoms with Gasteiger partial charge in [0.1, 0.15) is 12.4 Å². The summed E-state index contributed by atoms with van der Waals surface area (Å²) in [4.78, 5) is 14.4. The Hall–Kier alpha value is -3.53. The fraction of sp³-hybridized carbons (Fsp3) is 0.0870. The second kappa shape index (κ2) is 7.79. The van der Waals surface area contributed by atoms with Gasteiger partial charge in [-0.15, -0.1) is 0 Å². The van der Waals surface area contributed by atoms with Crippen molar-refractivity contribution in [2.45, 2.75) is 12.7 Å². The molecule has 3 aromatic carbocycles. The molecule has 1 aromatic heterocycles. The Bertz CT molecular complexity index is 1030. The van der Waals surface area contributed by atoms with Crippen molar-refractivity contribution in [3.05, 3.63) is 102 Å². The summed E-state index contributed by atoms with van der Waals surface area (Å²) in [6.45, 7) is 0.921. The SMILES string of the molecule is O=COC(c1ccccc1)c1cc2[nH]ccc2cc1OCc1ccccc1. The average molecular weight is 357 g/mol. The molecule has 0 saturated carbocycles. The molecule has 4 nitrogen and oxygen atoms in total. The Kier molecular flexibility index (Phi) is 4.88. The summed E-state index contributed by atoms with van der Waals surface area (Å²) < 4.78 is 11.6. The van der Waals surface area contributed by atoms with Gasteiger partial charge in [0.15, 0.2) is 6.10 Å². The molecule has 0 saturated heterocycles. The van der Waals surface area contributed by atoms with Gasteiger partial charge in [0.05, 0.1) is 0 Å². The monoisotopic (exact) mass is 357 g/mol. The zero-order valence-corrected chi connectivity index (χ0v) is 14.7. The van der Waals surface area contributed by atoms with E-state index >= 15 is 0 Å². The van der Waals surface area contributed by atoms with Gasteiger partial charge in [-0.2, -0.15) is 0 Å². The van der Waals surface area contributed by atoms with Crippen LogP contribution >= 0.6 is 0 Å². The van der Waals surface area contributed by atoms with Gasteiger partial charge in [-0.05, 0) is 29.3 Å². The molecule has 1 unspecified atom stereocenters. The number of fused-ring (bicyclic) bond motifs is 1. The van der Waals surface area contributed by atoms with E-state index in [-0.39, 0.29) is 0 Å². The summed E-state index contributed by atoms with van der Waals surface area (Å²) in [6.07, 6.45) is 1.34. The van der Waals surface area contributed by atoms with Crippen LogP contribution in [0.1, 0.15) is 22.8 Å². The van der Waals surface area contributed by atoms with E-state index in [9.17, 15) is 4.79 Å². The smallest absolute Gasteiger partial charge is 0.294 e. The molecular formula is C23H19NO3. The van der Waals surface area contributed by atoms with Crippen molar-refractivity contribution in [3.63, 3.8) is 0 Å². The van der Waals surface area contributed by atoms with Gasteiger partial charge in [0, 0.05) is 22.7 Å². The molecule has 1 heterocycles. The molecule has 4 rings (SSSR count). The first-order valence-electron chi connectivity index (χ1n) is 8.77. The van der Waals surface area contributed by atoms with Gasteiger partial charge in [-0.1, -0.05) is 60.7 Å². The molecule has 1 N–H and O–H groups in total. The van der Waals surface area contributed by atoms with Crippen molar-refractivity contribution in [2.75, 3.05) is 0 Å². The Morgan fingerprint density at radius 2 is 1.67 bits per heavy atom. The van der Waals surface area contributed by atoms with Crippen LogP contribution in [0.5, 0.6) is 5.75 Å². The minimum absolute atomic E-state index is 0.437. The number of nitrogens with one attached hydrogen (secondary N) is 1. The fourth-order valence-electron chi connectivity index (χ4n) is 3.18. The first-order valence-corrected chi connectivity index (χ1v) is 8.77. The number of hydrogen-bond donors (Lipinski definition) is 1. The third-order valence-corrected chi connectivity index (χ3v) is 4.50. The Morgan fingerprint density at radius 1 is 0.926 bits per heavy atom. The molecule has 27 heavy (non-hydrogen) atoms. The molecule has 0 radical (unpaired) electrons. The van der Waals surface area contributed by atoms with Crippen LogP contribution < -0.4 is 4.74 Å². The van der Waals surface area contributed by atoms with Gasteiger partial charge in [0.2, 0.25) is 0 Å². The van der Waals surface area contributed by atoms with E-state index in [2.05, 4.69) is 4.98 Å². The lowest BCUT2D eigenvalue weighted by molar-refractivity contribution is -0.132. The zero-order chi connectivity index (χ0) is 18.5. The molecular weight excluding hydrogens is 338 g/mol. The number of aromatic amines is 1. The highest BCUT2D eigenvalue weighted by Gasteiger charge is 2.21. The first-order chi connectivity index (χ1) is 13.3. The van der Waals surface area contributed by atoms with Crippen LogP contribution in [-0.2, 0) is 16.1 Å². The maximum Gasteiger partial charge on any atom is 0.294 e. The topological polar surface area (TPSA) is 51.3 Å². The predicted octanol–water partition coefficient (Wildman–Crippen LogP) is 5.01. The molecule has 0 aliphatic heterocycles. The Labute approximate surface area is 157 Å². The van der Waals surface area contributed by atoms with Crippen molar-refractivity contribution < 1.29 is 14.3 Å². The second-order valence-corrected chi connectivity index (χ2v) is 6.25. The second-order valence-electron chi connectivity index (χ2n) is 6.25. The molecule has 0 aliphatic rings. The number of rotatable bonds is 7. The molecule has 0 amide bonds. The normalized spacial score (nSPS) is 11.9. The van der Waals surface area contributed by atoms with E-state index in [1.807, 2.05) is 85.1 Å². The highest BCUT2D eigenvalue weighted by atomic mass is 16.5. The van der Waals surface area contributed by atoms with Crippen molar-refractivity contribution >= 4 is 17.4 Å². The fourth-order valence-corrected chi connectivity index (χ4v) is 3.18. The molecule has 4 aromatic rings. The molecule has 0 fully saturated rings. The van der Waals surface area contributed by atoms with Gasteiger partial charge < -0.3 is 14.5 Å². The van der Waals surface area contributed by atoms with Crippen LogP contribution in [0.3, 0.4) is 0 Å². The summed E-state index contributed by atoms with van der Waals surface area (Å²) in [6, 6.07) is 25.6. The number of carbonyl (C=O) groups excluding carboxylic acids is 1. The van der Waals surface area contributed by atoms with Gasteiger partial charge >= 0.3 is 0 Å². The van der Waals surface area contributed by atoms with Gasteiger partial charge in [-0.25, -0.2) is 0 Å². The van der Waals surface area contributed by atoms with Crippen LogP contribution in [0, 0.1) is 0 Å². The Morgan fingerprint density at radius 3 is 2.41 bits per heavy atom. The van der Waals surface area contributed by atoms with Gasteiger partial charge in [0.25, 0.3) is 6.47 Å². The average Bonchev–Trinajstić information content (AvgIpc) is 3.18. The maximum absolute atomic E-state index is 11.2. The van der Waals surface area contributed by atoms with E-state index in [1.165, 1.54) is 0 Å². The third-order valence-electron chi connectivity index (χ3n) is 4.50. The lowest BCUT2D eigenvalue weighted by Crippen LogP contribution is -2.08. The summed E-state index contributed by atoms with van der Waals surface area (Å²) in [5.41, 5.74) is 3.73. The molecule has 1 atom stereocenters. The highest BCUT2D eigenvalue weighted by molar-refractivity contribution is 5.82. The number of aromatic nitrogens is 1. The summed E-state index contributed by atoms with van der Waals surface area (Å²) in [7, 11) is 0. The van der Waals surface area contributed by atoms with E-state index in [0.717, 1.165) is 27.6 Å². The number of ether oxygens (including phenoxy) is 2. The van der Waals surface area contributed by atoms with Crippen LogP contribution in [-0.4, -0.2) is 11.5 Å².